The number of nitrogens with one attached hydrogen (secondary N) is 1. The lowest BCUT2D eigenvalue weighted by molar-refractivity contribution is -0.120. The van der Waals surface area contributed by atoms with Crippen molar-refractivity contribution in [3.63, 3.8) is 0 Å². The molecule has 1 amide bonds. The summed E-state index contributed by atoms with van der Waals surface area (Å²) >= 11 is 1.35. The number of rotatable bonds is 8. The second-order valence-corrected chi connectivity index (χ2v) is 10.7. The molecular weight excluding hydrogens is 453 g/mol. The van der Waals surface area contributed by atoms with Gasteiger partial charge in [-0.1, -0.05) is 37.7 Å². The predicted octanol–water partition coefficient (Wildman–Crippen LogP) is 4.65. The van der Waals surface area contributed by atoms with Gasteiger partial charge < -0.3 is 14.6 Å². The van der Waals surface area contributed by atoms with Gasteiger partial charge in [-0.05, 0) is 60.9 Å². The van der Waals surface area contributed by atoms with E-state index in [0.29, 0.717) is 23.5 Å². The Kier molecular flexibility index (Phi) is 6.63. The third kappa shape index (κ3) is 5.29. The van der Waals surface area contributed by atoms with Crippen LogP contribution in [0.4, 0.5) is 10.3 Å². The monoisotopic (exact) mass is 483 g/mol. The van der Waals surface area contributed by atoms with Crippen LogP contribution in [0.5, 0.6) is 0 Å². The number of nitrogens with zero attached hydrogens (tertiary/aromatic N) is 4. The number of halogens is 1. The third-order valence-electron chi connectivity index (χ3n) is 6.30. The fourth-order valence-electron chi connectivity index (χ4n) is 4.65. The second-order valence-electron chi connectivity index (χ2n) is 9.63. The number of piperidine rings is 1. The molecule has 5 rings (SSSR count). The van der Waals surface area contributed by atoms with Crippen molar-refractivity contribution in [2.24, 2.45) is 11.8 Å². The lowest BCUT2D eigenvalue weighted by Gasteiger charge is -2.35. The van der Waals surface area contributed by atoms with E-state index in [0.717, 1.165) is 43.2 Å². The van der Waals surface area contributed by atoms with E-state index in [1.54, 1.807) is 18.4 Å². The Morgan fingerprint density at radius 1 is 1.18 bits per heavy atom. The summed E-state index contributed by atoms with van der Waals surface area (Å²) < 4.78 is 21.3. The van der Waals surface area contributed by atoms with Crippen LogP contribution < -0.4 is 10.2 Å². The standard InChI is InChI=1S/C25H30FN5O2S/c1-16-12-17(2)14-30(13-16)24-28-29-25(31(24)15-21-4-3-11-33-21)34-22(23(32)27-20-9-10-20)18-5-7-19(26)8-6-18/h3-8,11,16-17,20,22H,9-10,12-15H2,1-2H3,(H,27,32). The van der Waals surface area contributed by atoms with Crippen LogP contribution in [0, 0.1) is 17.7 Å². The first kappa shape index (κ1) is 23.0. The fourth-order valence-corrected chi connectivity index (χ4v) is 5.69. The molecule has 1 saturated carbocycles. The smallest absolute Gasteiger partial charge is 0.238 e. The topological polar surface area (TPSA) is 76.2 Å². The maximum atomic E-state index is 13.6. The number of amides is 1. The summed E-state index contributed by atoms with van der Waals surface area (Å²) in [7, 11) is 0. The molecule has 0 spiro atoms. The zero-order valence-electron chi connectivity index (χ0n) is 19.5. The minimum Gasteiger partial charge on any atom is -0.467 e. The molecule has 1 N–H and O–H groups in total. The maximum Gasteiger partial charge on any atom is 0.238 e. The van der Waals surface area contributed by atoms with E-state index in [-0.39, 0.29) is 17.8 Å². The van der Waals surface area contributed by atoms with Gasteiger partial charge in [0.2, 0.25) is 11.9 Å². The van der Waals surface area contributed by atoms with Gasteiger partial charge in [-0.15, -0.1) is 10.2 Å². The van der Waals surface area contributed by atoms with E-state index in [9.17, 15) is 9.18 Å². The largest absolute Gasteiger partial charge is 0.467 e. The number of benzene rings is 1. The van der Waals surface area contributed by atoms with Crippen molar-refractivity contribution in [3.8, 4) is 0 Å². The normalized spacial score (nSPS) is 21.4. The highest BCUT2D eigenvalue weighted by Crippen LogP contribution is 2.38. The number of anilines is 1. The zero-order chi connectivity index (χ0) is 23.7. The van der Waals surface area contributed by atoms with E-state index in [1.807, 2.05) is 16.7 Å². The number of furan rings is 1. The molecule has 34 heavy (non-hydrogen) atoms. The molecule has 3 heterocycles. The Bertz CT molecular complexity index is 1100. The van der Waals surface area contributed by atoms with Crippen molar-refractivity contribution < 1.29 is 13.6 Å². The van der Waals surface area contributed by atoms with E-state index in [2.05, 4.69) is 34.3 Å². The van der Waals surface area contributed by atoms with Crippen molar-refractivity contribution in [2.75, 3.05) is 18.0 Å². The highest BCUT2D eigenvalue weighted by Gasteiger charge is 2.32. The second kappa shape index (κ2) is 9.82. The van der Waals surface area contributed by atoms with Crippen LogP contribution in [0.3, 0.4) is 0 Å². The number of carbonyl (C=O) groups is 1. The van der Waals surface area contributed by atoms with Crippen molar-refractivity contribution in [1.82, 2.24) is 20.1 Å². The summed E-state index contributed by atoms with van der Waals surface area (Å²) in [5.41, 5.74) is 0.735. The summed E-state index contributed by atoms with van der Waals surface area (Å²) in [6.45, 7) is 6.82. The molecule has 9 heteroatoms. The first-order valence-corrected chi connectivity index (χ1v) is 12.8. The fraction of sp³-hybridized carbons (Fsp3) is 0.480. The number of hydrogen-bond donors (Lipinski definition) is 1. The molecule has 0 radical (unpaired) electrons. The Labute approximate surface area is 203 Å². The van der Waals surface area contributed by atoms with Crippen LogP contribution >= 0.6 is 11.8 Å². The molecule has 180 valence electrons. The van der Waals surface area contributed by atoms with Gasteiger partial charge in [0.15, 0.2) is 5.16 Å². The molecule has 3 aromatic rings. The van der Waals surface area contributed by atoms with Gasteiger partial charge in [0.05, 0.1) is 12.8 Å². The molecular formula is C25H30FN5O2S. The predicted molar refractivity (Wildman–Crippen MR) is 129 cm³/mol. The zero-order valence-corrected chi connectivity index (χ0v) is 20.3. The van der Waals surface area contributed by atoms with Gasteiger partial charge in [0.25, 0.3) is 0 Å². The van der Waals surface area contributed by atoms with Crippen LogP contribution in [-0.2, 0) is 11.3 Å². The summed E-state index contributed by atoms with van der Waals surface area (Å²) in [6, 6.07) is 10.1. The van der Waals surface area contributed by atoms with Gasteiger partial charge in [0.1, 0.15) is 16.8 Å². The molecule has 2 aliphatic rings. The van der Waals surface area contributed by atoms with Crippen molar-refractivity contribution in [2.45, 2.75) is 56.1 Å². The van der Waals surface area contributed by atoms with Crippen LogP contribution in [0.1, 0.15) is 49.7 Å². The molecule has 1 aliphatic heterocycles. The average molecular weight is 484 g/mol. The Morgan fingerprint density at radius 3 is 2.56 bits per heavy atom. The first-order valence-electron chi connectivity index (χ1n) is 11.9. The van der Waals surface area contributed by atoms with Crippen LogP contribution in [0.25, 0.3) is 0 Å². The number of thioether (sulfide) groups is 1. The van der Waals surface area contributed by atoms with E-state index < -0.39 is 5.25 Å². The van der Waals surface area contributed by atoms with Crippen LogP contribution in [0.15, 0.2) is 52.2 Å². The highest BCUT2D eigenvalue weighted by atomic mass is 32.2. The summed E-state index contributed by atoms with van der Waals surface area (Å²) in [5, 5.41) is 12.3. The van der Waals surface area contributed by atoms with Crippen LogP contribution in [0.2, 0.25) is 0 Å². The molecule has 1 aromatic carbocycles. The number of aromatic nitrogens is 3. The van der Waals surface area contributed by atoms with E-state index in [4.69, 9.17) is 4.42 Å². The minimum absolute atomic E-state index is 0.0894. The Morgan fingerprint density at radius 2 is 1.91 bits per heavy atom. The van der Waals surface area contributed by atoms with Crippen molar-refractivity contribution in [3.05, 3.63) is 59.8 Å². The van der Waals surface area contributed by atoms with E-state index in [1.165, 1.54) is 30.3 Å². The summed E-state index contributed by atoms with van der Waals surface area (Å²) in [6.07, 6.45) is 4.84. The van der Waals surface area contributed by atoms with Gasteiger partial charge in [0, 0.05) is 19.1 Å². The molecule has 3 unspecified atom stereocenters. The minimum atomic E-state index is -0.562. The third-order valence-corrected chi connectivity index (χ3v) is 7.54. The molecule has 3 atom stereocenters. The van der Waals surface area contributed by atoms with Crippen molar-refractivity contribution >= 4 is 23.6 Å². The quantitative estimate of drug-likeness (QED) is 0.470. The van der Waals surface area contributed by atoms with Crippen LogP contribution in [-0.4, -0.2) is 39.8 Å². The van der Waals surface area contributed by atoms with Gasteiger partial charge in [-0.25, -0.2) is 4.39 Å². The van der Waals surface area contributed by atoms with E-state index >= 15 is 0 Å². The number of carbonyl (C=O) groups excluding carboxylic acids is 1. The molecule has 2 fully saturated rings. The summed E-state index contributed by atoms with van der Waals surface area (Å²) in [4.78, 5) is 15.5. The maximum absolute atomic E-state index is 13.6. The lowest BCUT2D eigenvalue weighted by atomic mass is 9.92. The van der Waals surface area contributed by atoms with Gasteiger partial charge in [-0.3, -0.25) is 9.36 Å². The Balaban J connectivity index is 1.48. The molecule has 7 nitrogen and oxygen atoms in total. The molecule has 0 bridgehead atoms. The Hall–Kier alpha value is -2.81. The number of hydrogen-bond acceptors (Lipinski definition) is 6. The summed E-state index contributed by atoms with van der Waals surface area (Å²) in [5.74, 6) is 2.29. The molecule has 1 aliphatic carbocycles. The average Bonchev–Trinajstić information content (AvgIpc) is 3.30. The molecule has 1 saturated heterocycles. The SMILES string of the molecule is CC1CC(C)CN(c2nnc(SC(C(=O)NC3CC3)c3ccc(F)cc3)n2Cc2ccco2)C1. The van der Waals surface area contributed by atoms with Gasteiger partial charge >= 0.3 is 0 Å². The highest BCUT2D eigenvalue weighted by molar-refractivity contribution is 8.00. The molecule has 2 aromatic heterocycles. The lowest BCUT2D eigenvalue weighted by Crippen LogP contribution is -2.40. The van der Waals surface area contributed by atoms with Crippen molar-refractivity contribution in [1.29, 1.82) is 0 Å². The first-order chi connectivity index (χ1) is 16.5. The van der Waals surface area contributed by atoms with Gasteiger partial charge in [-0.2, -0.15) is 0 Å².